The molecule has 1 aromatic heterocycles. The fraction of sp³-hybridized carbons (Fsp3) is 0.167. The summed E-state index contributed by atoms with van der Waals surface area (Å²) in [4.78, 5) is 44.3. The lowest BCUT2D eigenvalue weighted by atomic mass is 9.95. The molecule has 2 aromatic carbocycles. The predicted molar refractivity (Wildman–Crippen MR) is 122 cm³/mol. The summed E-state index contributed by atoms with van der Waals surface area (Å²) in [5.41, 5.74) is 1.11. The molecule has 1 amide bonds. The Balaban J connectivity index is 1.90. The number of hydrogen-bond donors (Lipinski definition) is 2. The van der Waals surface area contributed by atoms with Gasteiger partial charge < -0.3 is 14.9 Å². The summed E-state index contributed by atoms with van der Waals surface area (Å²) in [5.74, 6) is -2.64. The lowest BCUT2D eigenvalue weighted by molar-refractivity contribution is -0.132. The number of carbonyl (C=O) groups is 3. The molecule has 9 heteroatoms. The second-order valence-electron chi connectivity index (χ2n) is 7.26. The Kier molecular flexibility index (Phi) is 5.97. The van der Waals surface area contributed by atoms with Gasteiger partial charge in [0.1, 0.15) is 16.4 Å². The fourth-order valence-electron chi connectivity index (χ4n) is 3.62. The first-order valence-corrected chi connectivity index (χ1v) is 10.9. The van der Waals surface area contributed by atoms with Crippen LogP contribution in [0, 0.1) is 6.92 Å². The zero-order valence-electron chi connectivity index (χ0n) is 17.8. The minimum absolute atomic E-state index is 0.00783. The number of aryl methyl sites for hydroxylation is 1. The van der Waals surface area contributed by atoms with Gasteiger partial charge in [0.25, 0.3) is 5.78 Å². The highest BCUT2D eigenvalue weighted by Crippen LogP contribution is 2.44. The summed E-state index contributed by atoms with van der Waals surface area (Å²) >= 11 is 0.935. The summed E-state index contributed by atoms with van der Waals surface area (Å²) < 4.78 is 5.06. The van der Waals surface area contributed by atoms with E-state index in [0.717, 1.165) is 11.3 Å². The minimum atomic E-state index is -1.01. The van der Waals surface area contributed by atoms with Crippen molar-refractivity contribution in [1.82, 2.24) is 4.98 Å². The number of anilines is 1. The molecule has 0 aliphatic carbocycles. The molecule has 2 heterocycles. The van der Waals surface area contributed by atoms with Crippen molar-refractivity contribution in [2.24, 2.45) is 0 Å². The first kappa shape index (κ1) is 22.2. The number of benzene rings is 2. The first-order valence-electron chi connectivity index (χ1n) is 10.1. The van der Waals surface area contributed by atoms with Gasteiger partial charge in [0.05, 0.1) is 23.9 Å². The largest absolute Gasteiger partial charge is 0.508 e. The Bertz CT molecular complexity index is 1260. The van der Waals surface area contributed by atoms with Crippen LogP contribution in [-0.2, 0) is 14.3 Å². The highest BCUT2D eigenvalue weighted by molar-refractivity contribution is 7.17. The molecule has 1 saturated heterocycles. The minimum Gasteiger partial charge on any atom is -0.508 e. The Morgan fingerprint density at radius 3 is 2.42 bits per heavy atom. The van der Waals surface area contributed by atoms with Crippen molar-refractivity contribution >= 4 is 39.9 Å². The standard InChI is InChI=1S/C24H20N2O6S/c1-3-32-23(31)21-13(2)25-24(33-21)26-18(14-9-11-16(27)12-10-14)17(20(29)22(26)30)19(28)15-7-5-4-6-8-15/h4-12,18,27-28H,3H2,1-2H3/b19-17+/t18-/m1/s1. The molecule has 1 fully saturated rings. The molecule has 33 heavy (non-hydrogen) atoms. The van der Waals surface area contributed by atoms with Crippen LogP contribution >= 0.6 is 11.3 Å². The van der Waals surface area contributed by atoms with Crippen LogP contribution in [0.5, 0.6) is 5.75 Å². The van der Waals surface area contributed by atoms with E-state index < -0.39 is 23.7 Å². The maximum absolute atomic E-state index is 13.2. The van der Waals surface area contributed by atoms with Crippen molar-refractivity contribution in [3.63, 3.8) is 0 Å². The number of amides is 1. The molecule has 0 saturated carbocycles. The second-order valence-corrected chi connectivity index (χ2v) is 8.24. The monoisotopic (exact) mass is 464 g/mol. The number of carbonyl (C=O) groups excluding carboxylic acids is 3. The molecular weight excluding hydrogens is 444 g/mol. The Labute approximate surface area is 193 Å². The van der Waals surface area contributed by atoms with Crippen molar-refractivity contribution in [2.45, 2.75) is 19.9 Å². The molecule has 1 aliphatic rings. The van der Waals surface area contributed by atoms with Gasteiger partial charge >= 0.3 is 11.9 Å². The van der Waals surface area contributed by atoms with Crippen molar-refractivity contribution in [3.05, 3.63) is 81.9 Å². The average molecular weight is 464 g/mol. The summed E-state index contributed by atoms with van der Waals surface area (Å²) in [6, 6.07) is 13.4. The Morgan fingerprint density at radius 2 is 1.79 bits per heavy atom. The zero-order chi connectivity index (χ0) is 23.7. The average Bonchev–Trinajstić information content (AvgIpc) is 3.32. The topological polar surface area (TPSA) is 117 Å². The number of rotatable bonds is 5. The maximum Gasteiger partial charge on any atom is 0.350 e. The van der Waals surface area contributed by atoms with Crippen LogP contribution < -0.4 is 4.90 Å². The third kappa shape index (κ3) is 3.98. The molecular formula is C24H20N2O6S. The molecule has 2 N–H and O–H groups in total. The van der Waals surface area contributed by atoms with E-state index in [-0.39, 0.29) is 33.7 Å². The molecule has 8 nitrogen and oxygen atoms in total. The number of phenolic OH excluding ortho intramolecular Hbond substituents is 1. The van der Waals surface area contributed by atoms with Crippen molar-refractivity contribution < 1.29 is 29.3 Å². The summed E-state index contributed by atoms with van der Waals surface area (Å²) in [6.07, 6.45) is 0. The zero-order valence-corrected chi connectivity index (χ0v) is 18.6. The number of aromatic nitrogens is 1. The SMILES string of the molecule is CCOC(=O)c1sc(N2C(=O)C(=O)/C(=C(/O)c3ccccc3)[C@H]2c2ccc(O)cc2)nc1C. The van der Waals surface area contributed by atoms with E-state index in [1.54, 1.807) is 56.3 Å². The quantitative estimate of drug-likeness (QED) is 0.254. The van der Waals surface area contributed by atoms with E-state index in [2.05, 4.69) is 4.98 Å². The van der Waals surface area contributed by atoms with Gasteiger partial charge in [0, 0.05) is 5.56 Å². The molecule has 0 bridgehead atoms. The highest BCUT2D eigenvalue weighted by Gasteiger charge is 2.48. The number of ether oxygens (including phenoxy) is 1. The van der Waals surface area contributed by atoms with Gasteiger partial charge in [-0.15, -0.1) is 0 Å². The smallest absolute Gasteiger partial charge is 0.350 e. The van der Waals surface area contributed by atoms with Gasteiger partial charge in [-0.25, -0.2) is 9.78 Å². The Morgan fingerprint density at radius 1 is 1.12 bits per heavy atom. The molecule has 168 valence electrons. The molecule has 1 atom stereocenters. The number of thiazole rings is 1. The summed E-state index contributed by atoms with van der Waals surface area (Å²) in [5, 5.41) is 20.9. The van der Waals surface area contributed by atoms with Crippen LogP contribution in [0.15, 0.2) is 60.2 Å². The van der Waals surface area contributed by atoms with E-state index in [4.69, 9.17) is 4.74 Å². The third-order valence-electron chi connectivity index (χ3n) is 5.15. The first-order chi connectivity index (χ1) is 15.8. The van der Waals surface area contributed by atoms with Gasteiger partial charge in [0.2, 0.25) is 0 Å². The number of hydrogen-bond acceptors (Lipinski definition) is 8. The number of aliphatic hydroxyl groups excluding tert-OH is 1. The molecule has 4 rings (SSSR count). The van der Waals surface area contributed by atoms with Gasteiger partial charge in [-0.1, -0.05) is 53.8 Å². The second kappa shape index (κ2) is 8.87. The van der Waals surface area contributed by atoms with Crippen molar-refractivity contribution in [2.75, 3.05) is 11.5 Å². The van der Waals surface area contributed by atoms with Crippen LogP contribution in [0.3, 0.4) is 0 Å². The van der Waals surface area contributed by atoms with E-state index in [1.165, 1.54) is 17.0 Å². The number of aromatic hydroxyl groups is 1. The molecule has 1 aliphatic heterocycles. The number of esters is 1. The van der Waals surface area contributed by atoms with E-state index in [0.29, 0.717) is 16.8 Å². The van der Waals surface area contributed by atoms with Crippen LogP contribution in [-0.4, -0.2) is 39.5 Å². The molecule has 0 unspecified atom stereocenters. The van der Waals surface area contributed by atoms with Crippen molar-refractivity contribution in [3.8, 4) is 5.75 Å². The van der Waals surface area contributed by atoms with Gasteiger partial charge in [-0.05, 0) is 31.5 Å². The van der Waals surface area contributed by atoms with Gasteiger partial charge in [0.15, 0.2) is 5.13 Å². The number of ketones is 1. The number of phenols is 1. The lowest BCUT2D eigenvalue weighted by Gasteiger charge is -2.23. The van der Waals surface area contributed by atoms with E-state index in [1.807, 2.05) is 0 Å². The normalized spacial score (nSPS) is 17.4. The number of nitrogens with zero attached hydrogens (tertiary/aromatic N) is 2. The summed E-state index contributed by atoms with van der Waals surface area (Å²) in [6.45, 7) is 3.48. The number of Topliss-reactive ketones (excluding diaryl/α,β-unsaturated/α-hetero) is 1. The maximum atomic E-state index is 13.2. The van der Waals surface area contributed by atoms with Gasteiger partial charge in [-0.2, -0.15) is 0 Å². The van der Waals surface area contributed by atoms with Crippen LogP contribution in [0.25, 0.3) is 5.76 Å². The predicted octanol–water partition coefficient (Wildman–Crippen LogP) is 3.96. The molecule has 3 aromatic rings. The third-order valence-corrected chi connectivity index (χ3v) is 6.29. The molecule has 0 spiro atoms. The van der Waals surface area contributed by atoms with E-state index >= 15 is 0 Å². The molecule has 0 radical (unpaired) electrons. The van der Waals surface area contributed by atoms with Crippen LogP contribution in [0.1, 0.15) is 39.5 Å². The number of aliphatic hydroxyl groups is 1. The van der Waals surface area contributed by atoms with Crippen LogP contribution in [0.4, 0.5) is 5.13 Å². The van der Waals surface area contributed by atoms with Crippen molar-refractivity contribution in [1.29, 1.82) is 0 Å². The highest BCUT2D eigenvalue weighted by atomic mass is 32.1. The Hall–Kier alpha value is -3.98. The van der Waals surface area contributed by atoms with Crippen LogP contribution in [0.2, 0.25) is 0 Å². The summed E-state index contributed by atoms with van der Waals surface area (Å²) in [7, 11) is 0. The van der Waals surface area contributed by atoms with E-state index in [9.17, 15) is 24.6 Å². The lowest BCUT2D eigenvalue weighted by Crippen LogP contribution is -2.29. The fourth-order valence-corrected chi connectivity index (χ4v) is 4.61. The van der Waals surface area contributed by atoms with Gasteiger partial charge in [-0.3, -0.25) is 14.5 Å².